The molecular weight excluding hydrogens is 376 g/mol. The minimum Gasteiger partial charge on any atom is -0.462 e. The Labute approximate surface area is 166 Å². The van der Waals surface area contributed by atoms with Gasteiger partial charge in [0.15, 0.2) is 5.43 Å². The lowest BCUT2D eigenvalue weighted by Gasteiger charge is -2.07. The summed E-state index contributed by atoms with van der Waals surface area (Å²) in [5, 5.41) is 3.25. The van der Waals surface area contributed by atoms with E-state index in [-0.39, 0.29) is 23.7 Å². The van der Waals surface area contributed by atoms with Crippen LogP contribution in [0.2, 0.25) is 0 Å². The molecule has 6 nitrogen and oxygen atoms in total. The number of H-pyrrole nitrogens is 1. The predicted molar refractivity (Wildman–Crippen MR) is 112 cm³/mol. The SMILES string of the molecule is CCOC(=O)c1ccc2[nH]c(CSCC(=O)Nc3ccccc3)cc(=O)c2c1. The van der Waals surface area contributed by atoms with Crippen LogP contribution in [0.1, 0.15) is 23.0 Å². The molecule has 3 aromatic rings. The summed E-state index contributed by atoms with van der Waals surface area (Å²) in [6, 6.07) is 15.6. The Hall–Kier alpha value is -3.06. The van der Waals surface area contributed by atoms with Gasteiger partial charge in [0.05, 0.1) is 17.9 Å². The van der Waals surface area contributed by atoms with Gasteiger partial charge in [0.25, 0.3) is 0 Å². The van der Waals surface area contributed by atoms with Gasteiger partial charge in [-0.3, -0.25) is 9.59 Å². The van der Waals surface area contributed by atoms with E-state index in [0.29, 0.717) is 22.2 Å². The van der Waals surface area contributed by atoms with Gasteiger partial charge >= 0.3 is 5.97 Å². The van der Waals surface area contributed by atoms with E-state index in [2.05, 4.69) is 10.3 Å². The molecule has 1 heterocycles. The summed E-state index contributed by atoms with van der Waals surface area (Å²) in [4.78, 5) is 39.4. The molecule has 7 heteroatoms. The molecule has 0 bridgehead atoms. The fraction of sp³-hybridized carbons (Fsp3) is 0.190. The maximum absolute atomic E-state index is 12.4. The van der Waals surface area contributed by atoms with Crippen molar-refractivity contribution in [3.63, 3.8) is 0 Å². The average molecular weight is 396 g/mol. The highest BCUT2D eigenvalue weighted by Gasteiger charge is 2.10. The smallest absolute Gasteiger partial charge is 0.338 e. The molecule has 0 aliphatic rings. The van der Waals surface area contributed by atoms with Crippen LogP contribution in [0.25, 0.3) is 10.9 Å². The number of hydrogen-bond donors (Lipinski definition) is 2. The standard InChI is InChI=1S/C21H20N2O4S/c1-2-27-21(26)14-8-9-18-17(10-14)19(24)11-16(22-18)12-28-13-20(25)23-15-6-4-3-5-7-15/h3-11H,2,12-13H2,1H3,(H,22,24)(H,23,25). The van der Waals surface area contributed by atoms with E-state index in [4.69, 9.17) is 4.74 Å². The summed E-state index contributed by atoms with van der Waals surface area (Å²) in [6.45, 7) is 2.01. The third-order valence-electron chi connectivity index (χ3n) is 3.94. The van der Waals surface area contributed by atoms with Crippen molar-refractivity contribution in [1.29, 1.82) is 0 Å². The fourth-order valence-electron chi connectivity index (χ4n) is 2.69. The maximum atomic E-state index is 12.4. The van der Waals surface area contributed by atoms with Crippen molar-refractivity contribution < 1.29 is 14.3 Å². The van der Waals surface area contributed by atoms with Gasteiger partial charge in [-0.1, -0.05) is 18.2 Å². The van der Waals surface area contributed by atoms with Crippen LogP contribution < -0.4 is 10.7 Å². The van der Waals surface area contributed by atoms with Crippen molar-refractivity contribution in [2.45, 2.75) is 12.7 Å². The fourth-order valence-corrected chi connectivity index (χ4v) is 3.43. The van der Waals surface area contributed by atoms with Crippen LogP contribution in [0, 0.1) is 0 Å². The Balaban J connectivity index is 1.64. The molecule has 144 valence electrons. The first-order chi connectivity index (χ1) is 13.6. The van der Waals surface area contributed by atoms with E-state index in [1.807, 2.05) is 30.3 Å². The first-order valence-corrected chi connectivity index (χ1v) is 9.98. The molecule has 0 aliphatic carbocycles. The molecule has 0 saturated carbocycles. The molecule has 3 rings (SSSR count). The third-order valence-corrected chi connectivity index (χ3v) is 4.93. The summed E-state index contributed by atoms with van der Waals surface area (Å²) in [7, 11) is 0. The summed E-state index contributed by atoms with van der Waals surface area (Å²) in [6.07, 6.45) is 0. The van der Waals surface area contributed by atoms with E-state index < -0.39 is 5.97 Å². The van der Waals surface area contributed by atoms with Crippen LogP contribution in [0.5, 0.6) is 0 Å². The molecule has 0 saturated heterocycles. The minimum atomic E-state index is -0.451. The molecule has 1 amide bonds. The van der Waals surface area contributed by atoms with Gasteiger partial charge in [0.2, 0.25) is 5.91 Å². The number of ether oxygens (including phenoxy) is 1. The van der Waals surface area contributed by atoms with Crippen molar-refractivity contribution in [2.75, 3.05) is 17.7 Å². The number of aromatic nitrogens is 1. The molecule has 0 unspecified atom stereocenters. The first kappa shape index (κ1) is 19.7. The number of nitrogens with one attached hydrogen (secondary N) is 2. The number of pyridine rings is 1. The van der Waals surface area contributed by atoms with Crippen molar-refractivity contribution in [2.24, 2.45) is 0 Å². The molecule has 0 atom stereocenters. The number of rotatable bonds is 7. The number of benzene rings is 2. The first-order valence-electron chi connectivity index (χ1n) is 8.82. The van der Waals surface area contributed by atoms with Gasteiger partial charge in [-0.05, 0) is 37.3 Å². The largest absolute Gasteiger partial charge is 0.462 e. The number of para-hydroxylation sites is 1. The lowest BCUT2D eigenvalue weighted by Crippen LogP contribution is -2.14. The van der Waals surface area contributed by atoms with Gasteiger partial charge in [0.1, 0.15) is 0 Å². The second kappa shape index (κ2) is 9.23. The zero-order valence-electron chi connectivity index (χ0n) is 15.4. The van der Waals surface area contributed by atoms with E-state index in [1.165, 1.54) is 23.9 Å². The molecule has 0 aliphatic heterocycles. The van der Waals surface area contributed by atoms with Crippen LogP contribution in [-0.4, -0.2) is 29.2 Å². The number of fused-ring (bicyclic) bond motifs is 1. The number of carbonyl (C=O) groups is 2. The zero-order valence-corrected chi connectivity index (χ0v) is 16.2. The molecule has 2 N–H and O–H groups in total. The molecule has 0 fully saturated rings. The lowest BCUT2D eigenvalue weighted by atomic mass is 10.1. The number of hydrogen-bond acceptors (Lipinski definition) is 5. The normalized spacial score (nSPS) is 10.6. The summed E-state index contributed by atoms with van der Waals surface area (Å²) in [5.74, 6) is 0.218. The number of thioether (sulfide) groups is 1. The molecule has 0 spiro atoms. The highest BCUT2D eigenvalue weighted by molar-refractivity contribution is 7.99. The second-order valence-electron chi connectivity index (χ2n) is 6.05. The quantitative estimate of drug-likeness (QED) is 0.596. The number of aromatic amines is 1. The second-order valence-corrected chi connectivity index (χ2v) is 7.03. The average Bonchev–Trinajstić information content (AvgIpc) is 2.69. The molecule has 0 radical (unpaired) electrons. The van der Waals surface area contributed by atoms with Gasteiger partial charge in [-0.15, -0.1) is 11.8 Å². The van der Waals surface area contributed by atoms with Gasteiger partial charge in [0, 0.05) is 34.1 Å². The van der Waals surface area contributed by atoms with Crippen molar-refractivity contribution in [3.05, 3.63) is 76.1 Å². The third kappa shape index (κ3) is 5.01. The number of amides is 1. The molecular formula is C21H20N2O4S. The van der Waals surface area contributed by atoms with Crippen LogP contribution in [-0.2, 0) is 15.3 Å². The summed E-state index contributed by atoms with van der Waals surface area (Å²) < 4.78 is 4.97. The Morgan fingerprint density at radius 3 is 2.64 bits per heavy atom. The number of esters is 1. The van der Waals surface area contributed by atoms with Crippen LogP contribution in [0.3, 0.4) is 0 Å². The van der Waals surface area contributed by atoms with Crippen LogP contribution >= 0.6 is 11.8 Å². The Morgan fingerprint density at radius 1 is 1.11 bits per heavy atom. The van der Waals surface area contributed by atoms with E-state index >= 15 is 0 Å². The lowest BCUT2D eigenvalue weighted by molar-refractivity contribution is -0.113. The van der Waals surface area contributed by atoms with E-state index in [9.17, 15) is 14.4 Å². The maximum Gasteiger partial charge on any atom is 0.338 e. The van der Waals surface area contributed by atoms with Gasteiger partial charge < -0.3 is 15.0 Å². The van der Waals surface area contributed by atoms with Gasteiger partial charge in [-0.2, -0.15) is 0 Å². The Bertz CT molecular complexity index is 1050. The monoisotopic (exact) mass is 396 g/mol. The van der Waals surface area contributed by atoms with Crippen LogP contribution in [0.15, 0.2) is 59.4 Å². The van der Waals surface area contributed by atoms with E-state index in [1.54, 1.807) is 19.1 Å². The zero-order chi connectivity index (χ0) is 19.9. The van der Waals surface area contributed by atoms with Crippen molar-refractivity contribution in [1.82, 2.24) is 4.98 Å². The minimum absolute atomic E-state index is 0.0987. The summed E-state index contributed by atoms with van der Waals surface area (Å²) in [5.41, 5.74) is 2.29. The predicted octanol–water partition coefficient (Wildman–Crippen LogP) is 3.58. The van der Waals surface area contributed by atoms with Crippen molar-refractivity contribution >= 4 is 40.2 Å². The van der Waals surface area contributed by atoms with E-state index in [0.717, 1.165) is 11.4 Å². The number of anilines is 1. The Kier molecular flexibility index (Phi) is 6.49. The molecule has 28 heavy (non-hydrogen) atoms. The topological polar surface area (TPSA) is 88.3 Å². The Morgan fingerprint density at radius 2 is 1.89 bits per heavy atom. The molecule has 1 aromatic heterocycles. The number of carbonyl (C=O) groups excluding carboxylic acids is 2. The van der Waals surface area contributed by atoms with Gasteiger partial charge in [-0.25, -0.2) is 4.79 Å². The molecule has 2 aromatic carbocycles. The highest BCUT2D eigenvalue weighted by Crippen LogP contribution is 2.16. The van der Waals surface area contributed by atoms with Crippen LogP contribution in [0.4, 0.5) is 5.69 Å². The van der Waals surface area contributed by atoms with Crippen molar-refractivity contribution in [3.8, 4) is 0 Å². The summed E-state index contributed by atoms with van der Waals surface area (Å²) >= 11 is 1.41. The highest BCUT2D eigenvalue weighted by atomic mass is 32.2.